The summed E-state index contributed by atoms with van der Waals surface area (Å²) in [5, 5.41) is 0. The molecule has 0 spiro atoms. The molecule has 0 saturated carbocycles. The van der Waals surface area contributed by atoms with Crippen molar-refractivity contribution >= 4 is 21.6 Å². The van der Waals surface area contributed by atoms with Crippen LogP contribution in [-0.4, -0.2) is 38.9 Å². The van der Waals surface area contributed by atoms with Crippen LogP contribution in [0.5, 0.6) is 5.75 Å². The van der Waals surface area contributed by atoms with Crippen LogP contribution in [0.3, 0.4) is 0 Å². The first-order valence-corrected chi connectivity index (χ1v) is 13.4. The summed E-state index contributed by atoms with van der Waals surface area (Å²) in [5.41, 5.74) is 3.97. The van der Waals surface area contributed by atoms with Crippen molar-refractivity contribution in [3.63, 3.8) is 0 Å². The number of carbonyl (C=O) groups excluding carboxylic acids is 1. The molecule has 3 aromatic rings. The van der Waals surface area contributed by atoms with Crippen molar-refractivity contribution in [1.29, 1.82) is 0 Å². The number of benzene rings is 3. The summed E-state index contributed by atoms with van der Waals surface area (Å²) in [5.74, 6) is 1.01. The molecule has 184 valence electrons. The largest absolute Gasteiger partial charge is 0.484 e. The molecular weight excluding hydrogens is 460 g/mol. The Bertz CT molecular complexity index is 1250. The summed E-state index contributed by atoms with van der Waals surface area (Å²) in [4.78, 5) is 14.6. The number of carbonyl (C=O) groups is 1. The van der Waals surface area contributed by atoms with Gasteiger partial charge in [-0.3, -0.25) is 9.52 Å². The number of likely N-dealkylation sites (tertiary alicyclic amines) is 1. The molecule has 1 saturated heterocycles. The van der Waals surface area contributed by atoms with Gasteiger partial charge in [0.2, 0.25) is 0 Å². The highest BCUT2D eigenvalue weighted by molar-refractivity contribution is 7.92. The molecule has 0 atom stereocenters. The maximum Gasteiger partial charge on any atom is 0.261 e. The van der Waals surface area contributed by atoms with Gasteiger partial charge in [-0.2, -0.15) is 0 Å². The van der Waals surface area contributed by atoms with Gasteiger partial charge < -0.3 is 9.64 Å². The molecule has 0 unspecified atom stereocenters. The molecule has 35 heavy (non-hydrogen) atoms. The Balaban J connectivity index is 1.26. The van der Waals surface area contributed by atoms with Gasteiger partial charge >= 0.3 is 0 Å². The molecule has 1 aliphatic rings. The van der Waals surface area contributed by atoms with E-state index in [1.54, 1.807) is 24.3 Å². The Morgan fingerprint density at radius 2 is 1.63 bits per heavy atom. The first-order chi connectivity index (χ1) is 16.8. The molecule has 1 heterocycles. The van der Waals surface area contributed by atoms with Crippen LogP contribution in [0, 0.1) is 19.8 Å². The third-order valence-corrected chi connectivity index (χ3v) is 7.99. The lowest BCUT2D eigenvalue weighted by atomic mass is 9.90. The summed E-state index contributed by atoms with van der Waals surface area (Å²) in [6.45, 7) is 5.33. The van der Waals surface area contributed by atoms with E-state index in [9.17, 15) is 13.2 Å². The van der Waals surface area contributed by atoms with E-state index in [-0.39, 0.29) is 17.4 Å². The van der Waals surface area contributed by atoms with Crippen molar-refractivity contribution in [1.82, 2.24) is 4.90 Å². The molecule has 1 N–H and O–H groups in total. The maximum absolute atomic E-state index is 12.7. The molecule has 1 aliphatic heterocycles. The molecule has 0 aliphatic carbocycles. The van der Waals surface area contributed by atoms with Crippen molar-refractivity contribution in [3.05, 3.63) is 89.5 Å². The number of nitrogens with zero attached hydrogens (tertiary/aromatic N) is 1. The summed E-state index contributed by atoms with van der Waals surface area (Å²) >= 11 is 0. The fraction of sp³-hybridized carbons (Fsp3) is 0.321. The highest BCUT2D eigenvalue weighted by atomic mass is 32.2. The van der Waals surface area contributed by atoms with Gasteiger partial charge in [0.1, 0.15) is 5.75 Å². The van der Waals surface area contributed by atoms with Crippen LogP contribution in [0.25, 0.3) is 0 Å². The van der Waals surface area contributed by atoms with Crippen molar-refractivity contribution < 1.29 is 17.9 Å². The number of aryl methyl sites for hydroxylation is 2. The Hall–Kier alpha value is -3.32. The van der Waals surface area contributed by atoms with E-state index in [0.717, 1.165) is 43.5 Å². The zero-order valence-corrected chi connectivity index (χ0v) is 21.1. The smallest absolute Gasteiger partial charge is 0.261 e. The van der Waals surface area contributed by atoms with Gasteiger partial charge in [0, 0.05) is 18.8 Å². The van der Waals surface area contributed by atoms with E-state index in [0.29, 0.717) is 17.4 Å². The van der Waals surface area contributed by atoms with E-state index < -0.39 is 10.0 Å². The number of rotatable bonds is 8. The number of piperidine rings is 1. The zero-order valence-electron chi connectivity index (χ0n) is 20.2. The van der Waals surface area contributed by atoms with E-state index in [4.69, 9.17) is 4.74 Å². The Kier molecular flexibility index (Phi) is 7.76. The Morgan fingerprint density at radius 1 is 0.943 bits per heavy atom. The summed E-state index contributed by atoms with van der Waals surface area (Å²) in [7, 11) is -3.72. The SMILES string of the molecule is Cc1ccc(NS(=O)(=O)c2ccc(OCC(=O)N3CCC(Cc4ccccc4)CC3)cc2)cc1C. The zero-order chi connectivity index (χ0) is 24.8. The Morgan fingerprint density at radius 3 is 2.29 bits per heavy atom. The minimum Gasteiger partial charge on any atom is -0.484 e. The van der Waals surface area contributed by atoms with Crippen LogP contribution in [0.15, 0.2) is 77.7 Å². The van der Waals surface area contributed by atoms with Crippen molar-refractivity contribution in [2.45, 2.75) is 38.0 Å². The van der Waals surface area contributed by atoms with Gasteiger partial charge in [0.25, 0.3) is 15.9 Å². The standard InChI is InChI=1S/C28H32N2O4S/c1-21-8-9-25(18-22(21)2)29-35(32,33)27-12-10-26(11-13-27)34-20-28(31)30-16-14-24(15-17-30)19-23-6-4-3-5-7-23/h3-13,18,24,29H,14-17,19-20H2,1-2H3. The average Bonchev–Trinajstić information content (AvgIpc) is 2.86. The second kappa shape index (κ2) is 11.0. The second-order valence-electron chi connectivity index (χ2n) is 9.18. The molecule has 3 aromatic carbocycles. The van der Waals surface area contributed by atoms with Crippen LogP contribution in [-0.2, 0) is 21.2 Å². The fourth-order valence-electron chi connectivity index (χ4n) is 4.30. The summed E-state index contributed by atoms with van der Waals surface area (Å²) in [6, 6.07) is 22.0. The molecule has 0 bridgehead atoms. The average molecular weight is 493 g/mol. The highest BCUT2D eigenvalue weighted by Crippen LogP contribution is 2.23. The molecule has 1 fully saturated rings. The molecule has 6 nitrogen and oxygen atoms in total. The summed E-state index contributed by atoms with van der Waals surface area (Å²) < 4.78 is 33.7. The quantitative estimate of drug-likeness (QED) is 0.482. The number of ether oxygens (including phenoxy) is 1. The predicted octanol–water partition coefficient (Wildman–Crippen LogP) is 4.96. The monoisotopic (exact) mass is 492 g/mol. The minimum atomic E-state index is -3.72. The molecular formula is C28H32N2O4S. The number of hydrogen-bond acceptors (Lipinski definition) is 4. The van der Waals surface area contributed by atoms with Crippen LogP contribution in [0.4, 0.5) is 5.69 Å². The van der Waals surface area contributed by atoms with Gasteiger partial charge in [-0.25, -0.2) is 8.42 Å². The van der Waals surface area contributed by atoms with Crippen LogP contribution in [0.2, 0.25) is 0 Å². The van der Waals surface area contributed by atoms with Crippen molar-refractivity contribution in [2.75, 3.05) is 24.4 Å². The van der Waals surface area contributed by atoms with Gasteiger partial charge in [0.05, 0.1) is 4.90 Å². The third kappa shape index (κ3) is 6.63. The van der Waals surface area contributed by atoms with E-state index in [2.05, 4.69) is 29.0 Å². The predicted molar refractivity (Wildman–Crippen MR) is 138 cm³/mol. The van der Waals surface area contributed by atoms with Gasteiger partial charge in [-0.05, 0) is 92.1 Å². The van der Waals surface area contributed by atoms with Gasteiger partial charge in [-0.15, -0.1) is 0 Å². The fourth-order valence-corrected chi connectivity index (χ4v) is 5.35. The van der Waals surface area contributed by atoms with E-state index in [1.807, 2.05) is 30.9 Å². The number of hydrogen-bond donors (Lipinski definition) is 1. The van der Waals surface area contributed by atoms with Crippen LogP contribution >= 0.6 is 0 Å². The third-order valence-electron chi connectivity index (χ3n) is 6.59. The molecule has 0 aromatic heterocycles. The lowest BCUT2D eigenvalue weighted by Gasteiger charge is -2.32. The highest BCUT2D eigenvalue weighted by Gasteiger charge is 2.23. The van der Waals surface area contributed by atoms with Gasteiger partial charge in [0.15, 0.2) is 6.61 Å². The lowest BCUT2D eigenvalue weighted by molar-refractivity contribution is -0.134. The second-order valence-corrected chi connectivity index (χ2v) is 10.9. The number of anilines is 1. The van der Waals surface area contributed by atoms with Crippen molar-refractivity contribution in [3.8, 4) is 5.75 Å². The molecule has 1 amide bonds. The topological polar surface area (TPSA) is 75.7 Å². The van der Waals surface area contributed by atoms with Gasteiger partial charge in [-0.1, -0.05) is 36.4 Å². The van der Waals surface area contributed by atoms with Crippen molar-refractivity contribution in [2.24, 2.45) is 5.92 Å². The number of sulfonamides is 1. The molecule has 0 radical (unpaired) electrons. The first kappa shape index (κ1) is 24.8. The maximum atomic E-state index is 12.7. The normalized spacial score (nSPS) is 14.5. The molecule has 7 heteroatoms. The van der Waals surface area contributed by atoms with E-state index in [1.165, 1.54) is 17.7 Å². The first-order valence-electron chi connectivity index (χ1n) is 11.9. The molecule has 4 rings (SSSR count). The minimum absolute atomic E-state index is 0.0451. The van der Waals surface area contributed by atoms with Crippen LogP contribution < -0.4 is 9.46 Å². The van der Waals surface area contributed by atoms with E-state index >= 15 is 0 Å². The number of nitrogens with one attached hydrogen (secondary N) is 1. The van der Waals surface area contributed by atoms with Crippen LogP contribution in [0.1, 0.15) is 29.5 Å². The summed E-state index contributed by atoms with van der Waals surface area (Å²) in [6.07, 6.45) is 3.02. The number of amides is 1. The Labute approximate surface area is 208 Å². The lowest BCUT2D eigenvalue weighted by Crippen LogP contribution is -2.41.